The number of rotatable bonds is 6. The standard InChI is InChI=1S/C17H20O3S/c1-2-12-21(19,20)17-11-7-6-10-15(17)13-16(18)14-8-4-3-5-9-14/h3-11,16,18H,2,12-13H2,1H3. The Kier molecular flexibility index (Phi) is 5.15. The minimum absolute atomic E-state index is 0.130. The van der Waals surface area contributed by atoms with Crippen molar-refractivity contribution in [2.45, 2.75) is 30.8 Å². The van der Waals surface area contributed by atoms with E-state index in [0.29, 0.717) is 23.3 Å². The largest absolute Gasteiger partial charge is 0.388 e. The van der Waals surface area contributed by atoms with Crippen LogP contribution in [0.1, 0.15) is 30.6 Å². The quantitative estimate of drug-likeness (QED) is 0.892. The summed E-state index contributed by atoms with van der Waals surface area (Å²) in [5.74, 6) is 0.130. The highest BCUT2D eigenvalue weighted by molar-refractivity contribution is 7.91. The summed E-state index contributed by atoms with van der Waals surface area (Å²) >= 11 is 0. The Balaban J connectivity index is 2.29. The molecule has 1 N–H and O–H groups in total. The number of aliphatic hydroxyl groups is 1. The van der Waals surface area contributed by atoms with Gasteiger partial charge in [0.05, 0.1) is 16.8 Å². The molecule has 0 fully saturated rings. The molecule has 0 aliphatic carbocycles. The Morgan fingerprint density at radius 3 is 2.29 bits per heavy atom. The fourth-order valence-corrected chi connectivity index (χ4v) is 3.95. The lowest BCUT2D eigenvalue weighted by atomic mass is 10.0. The SMILES string of the molecule is CCCS(=O)(=O)c1ccccc1CC(O)c1ccccc1. The minimum Gasteiger partial charge on any atom is -0.388 e. The fraction of sp³-hybridized carbons (Fsp3) is 0.294. The molecule has 0 radical (unpaired) electrons. The topological polar surface area (TPSA) is 54.4 Å². The fourth-order valence-electron chi connectivity index (χ4n) is 2.36. The van der Waals surface area contributed by atoms with Crippen LogP contribution in [0.4, 0.5) is 0 Å². The van der Waals surface area contributed by atoms with E-state index in [1.165, 1.54) is 0 Å². The lowest BCUT2D eigenvalue weighted by molar-refractivity contribution is 0.177. The molecule has 0 spiro atoms. The number of benzene rings is 2. The predicted molar refractivity (Wildman–Crippen MR) is 83.9 cm³/mol. The molecule has 2 rings (SSSR count). The van der Waals surface area contributed by atoms with Crippen molar-refractivity contribution in [2.24, 2.45) is 0 Å². The molecule has 112 valence electrons. The van der Waals surface area contributed by atoms with Crippen LogP contribution >= 0.6 is 0 Å². The predicted octanol–water partition coefficient (Wildman–Crippen LogP) is 3.15. The lowest BCUT2D eigenvalue weighted by Gasteiger charge is -2.14. The first-order valence-corrected chi connectivity index (χ1v) is 8.73. The third kappa shape index (κ3) is 3.93. The zero-order chi connectivity index (χ0) is 15.3. The third-order valence-electron chi connectivity index (χ3n) is 3.38. The number of sulfone groups is 1. The second-order valence-electron chi connectivity index (χ2n) is 5.06. The Hall–Kier alpha value is -1.65. The van der Waals surface area contributed by atoms with Gasteiger partial charge < -0.3 is 5.11 Å². The molecule has 0 saturated carbocycles. The van der Waals surface area contributed by atoms with Gasteiger partial charge in [0.2, 0.25) is 0 Å². The normalized spacial score (nSPS) is 13.0. The third-order valence-corrected chi connectivity index (χ3v) is 5.39. The number of aliphatic hydroxyl groups excluding tert-OH is 1. The van der Waals surface area contributed by atoms with Crippen molar-refractivity contribution >= 4 is 9.84 Å². The number of hydrogen-bond donors (Lipinski definition) is 1. The van der Waals surface area contributed by atoms with E-state index < -0.39 is 15.9 Å². The molecule has 2 aromatic carbocycles. The average molecular weight is 304 g/mol. The van der Waals surface area contributed by atoms with Crippen LogP contribution in [0, 0.1) is 0 Å². The Labute approximate surface area is 126 Å². The van der Waals surface area contributed by atoms with E-state index in [0.717, 1.165) is 5.56 Å². The highest BCUT2D eigenvalue weighted by atomic mass is 32.2. The molecule has 0 aliphatic rings. The van der Waals surface area contributed by atoms with Crippen molar-refractivity contribution in [3.63, 3.8) is 0 Å². The number of hydrogen-bond acceptors (Lipinski definition) is 3. The van der Waals surface area contributed by atoms with Crippen LogP contribution in [-0.4, -0.2) is 19.3 Å². The molecular weight excluding hydrogens is 284 g/mol. The van der Waals surface area contributed by atoms with E-state index >= 15 is 0 Å². The maximum atomic E-state index is 12.3. The van der Waals surface area contributed by atoms with Gasteiger partial charge in [0.15, 0.2) is 9.84 Å². The molecule has 2 aromatic rings. The summed E-state index contributed by atoms with van der Waals surface area (Å²) in [6, 6.07) is 16.2. The van der Waals surface area contributed by atoms with Crippen LogP contribution in [0.3, 0.4) is 0 Å². The van der Waals surface area contributed by atoms with Crippen molar-refractivity contribution in [1.29, 1.82) is 0 Å². The van der Waals surface area contributed by atoms with E-state index in [1.807, 2.05) is 37.3 Å². The van der Waals surface area contributed by atoms with E-state index in [1.54, 1.807) is 24.3 Å². The first kappa shape index (κ1) is 15.7. The summed E-state index contributed by atoms with van der Waals surface area (Å²) in [7, 11) is -3.28. The summed E-state index contributed by atoms with van der Waals surface area (Å²) < 4.78 is 24.6. The van der Waals surface area contributed by atoms with Crippen molar-refractivity contribution < 1.29 is 13.5 Å². The molecular formula is C17H20O3S. The summed E-state index contributed by atoms with van der Waals surface area (Å²) in [6.45, 7) is 1.85. The molecule has 0 aromatic heterocycles. The van der Waals surface area contributed by atoms with E-state index in [4.69, 9.17) is 0 Å². The Morgan fingerprint density at radius 2 is 1.62 bits per heavy atom. The maximum absolute atomic E-state index is 12.3. The average Bonchev–Trinajstić information content (AvgIpc) is 2.48. The van der Waals surface area contributed by atoms with Gasteiger partial charge in [-0.25, -0.2) is 8.42 Å². The molecule has 0 amide bonds. The Morgan fingerprint density at radius 1 is 1.00 bits per heavy atom. The Bertz CT molecular complexity index is 678. The second kappa shape index (κ2) is 6.87. The minimum atomic E-state index is -3.28. The van der Waals surface area contributed by atoms with Crippen molar-refractivity contribution in [3.8, 4) is 0 Å². The van der Waals surface area contributed by atoms with Crippen molar-refractivity contribution in [3.05, 3.63) is 65.7 Å². The van der Waals surface area contributed by atoms with E-state index in [9.17, 15) is 13.5 Å². The zero-order valence-corrected chi connectivity index (χ0v) is 12.9. The first-order chi connectivity index (χ1) is 10.0. The van der Waals surface area contributed by atoms with Crippen LogP contribution in [0.2, 0.25) is 0 Å². The van der Waals surface area contributed by atoms with Crippen molar-refractivity contribution in [2.75, 3.05) is 5.75 Å². The van der Waals surface area contributed by atoms with Crippen LogP contribution < -0.4 is 0 Å². The van der Waals surface area contributed by atoms with Gasteiger partial charge in [-0.2, -0.15) is 0 Å². The summed E-state index contributed by atoms with van der Waals surface area (Å²) in [6.07, 6.45) is 0.172. The van der Waals surface area contributed by atoms with Gasteiger partial charge in [-0.3, -0.25) is 0 Å². The van der Waals surface area contributed by atoms with Gasteiger partial charge in [-0.15, -0.1) is 0 Å². The first-order valence-electron chi connectivity index (χ1n) is 7.08. The second-order valence-corrected chi connectivity index (χ2v) is 7.13. The van der Waals surface area contributed by atoms with Gasteiger partial charge in [0.1, 0.15) is 0 Å². The van der Waals surface area contributed by atoms with Gasteiger partial charge in [0, 0.05) is 6.42 Å². The molecule has 3 nitrogen and oxygen atoms in total. The van der Waals surface area contributed by atoms with Crippen LogP contribution in [0.15, 0.2) is 59.5 Å². The van der Waals surface area contributed by atoms with Gasteiger partial charge in [0.25, 0.3) is 0 Å². The molecule has 0 heterocycles. The smallest absolute Gasteiger partial charge is 0.178 e. The zero-order valence-electron chi connectivity index (χ0n) is 12.1. The van der Waals surface area contributed by atoms with Crippen LogP contribution in [-0.2, 0) is 16.3 Å². The van der Waals surface area contributed by atoms with Gasteiger partial charge in [-0.1, -0.05) is 55.5 Å². The molecule has 4 heteroatoms. The van der Waals surface area contributed by atoms with Crippen LogP contribution in [0.5, 0.6) is 0 Å². The lowest BCUT2D eigenvalue weighted by Crippen LogP contribution is -2.11. The highest BCUT2D eigenvalue weighted by Gasteiger charge is 2.19. The van der Waals surface area contributed by atoms with Crippen LogP contribution in [0.25, 0.3) is 0 Å². The van der Waals surface area contributed by atoms with E-state index in [2.05, 4.69) is 0 Å². The monoisotopic (exact) mass is 304 g/mol. The molecule has 1 atom stereocenters. The molecule has 1 unspecified atom stereocenters. The summed E-state index contributed by atoms with van der Waals surface area (Å²) in [5, 5.41) is 10.3. The molecule has 0 saturated heterocycles. The maximum Gasteiger partial charge on any atom is 0.178 e. The molecule has 0 bridgehead atoms. The molecule has 0 aliphatic heterocycles. The van der Waals surface area contributed by atoms with Gasteiger partial charge in [-0.05, 0) is 23.6 Å². The summed E-state index contributed by atoms with van der Waals surface area (Å²) in [4.78, 5) is 0.335. The highest BCUT2D eigenvalue weighted by Crippen LogP contribution is 2.24. The van der Waals surface area contributed by atoms with Crippen molar-refractivity contribution in [1.82, 2.24) is 0 Å². The van der Waals surface area contributed by atoms with E-state index in [-0.39, 0.29) is 5.75 Å². The molecule has 21 heavy (non-hydrogen) atoms. The summed E-state index contributed by atoms with van der Waals surface area (Å²) in [5.41, 5.74) is 1.46. The van der Waals surface area contributed by atoms with Gasteiger partial charge >= 0.3 is 0 Å².